The zero-order chi connectivity index (χ0) is 16.4. The quantitative estimate of drug-likeness (QED) is 0.875. The Bertz CT molecular complexity index is 738. The number of amides is 1. The molecule has 0 spiro atoms. The average Bonchev–Trinajstić information content (AvgIpc) is 3.16. The summed E-state index contributed by atoms with van der Waals surface area (Å²) in [4.78, 5) is 24.0. The summed E-state index contributed by atoms with van der Waals surface area (Å²) in [7, 11) is 0. The molecule has 1 aliphatic rings. The van der Waals surface area contributed by atoms with Gasteiger partial charge in [0.15, 0.2) is 5.69 Å². The van der Waals surface area contributed by atoms with E-state index in [-0.39, 0.29) is 5.69 Å². The Hall–Kier alpha value is -2.35. The van der Waals surface area contributed by atoms with Gasteiger partial charge in [0, 0.05) is 5.75 Å². The van der Waals surface area contributed by atoms with Crippen molar-refractivity contribution in [2.45, 2.75) is 18.9 Å². The first-order valence-electron chi connectivity index (χ1n) is 7.15. The van der Waals surface area contributed by atoms with Crippen LogP contribution in [-0.2, 0) is 4.79 Å². The number of aliphatic carboxylic acids is 1. The number of hydrogen-bond acceptors (Lipinski definition) is 5. The number of carbonyl (C=O) groups is 2. The van der Waals surface area contributed by atoms with Gasteiger partial charge in [0.05, 0.1) is 11.4 Å². The Morgan fingerprint density at radius 3 is 2.70 bits per heavy atom. The van der Waals surface area contributed by atoms with E-state index < -0.39 is 17.4 Å². The zero-order valence-corrected chi connectivity index (χ0v) is 13.3. The number of nitrogens with zero attached hydrogens (tertiary/aromatic N) is 3. The maximum absolute atomic E-state index is 12.5. The lowest BCUT2D eigenvalue weighted by Gasteiger charge is -2.24. The number of carboxylic acid groups (broad SMARTS) is 1. The highest BCUT2D eigenvalue weighted by Crippen LogP contribution is 2.28. The van der Waals surface area contributed by atoms with Crippen molar-refractivity contribution in [2.75, 3.05) is 11.5 Å². The van der Waals surface area contributed by atoms with Gasteiger partial charge in [0.2, 0.25) is 0 Å². The first-order chi connectivity index (χ1) is 11.0. The third kappa shape index (κ3) is 2.81. The Morgan fingerprint density at radius 2 is 2.09 bits per heavy atom. The summed E-state index contributed by atoms with van der Waals surface area (Å²) in [6, 6.07) is 9.33. The number of carbonyl (C=O) groups excluding carboxylic acids is 1. The lowest BCUT2D eigenvalue weighted by molar-refractivity contribution is -0.143. The smallest absolute Gasteiger partial charge is 0.330 e. The predicted octanol–water partition coefficient (Wildman–Crippen LogP) is 1.27. The Labute approximate surface area is 137 Å². The summed E-state index contributed by atoms with van der Waals surface area (Å²) in [6.45, 7) is 1.73. The molecule has 1 aliphatic heterocycles. The van der Waals surface area contributed by atoms with Gasteiger partial charge in [-0.2, -0.15) is 11.8 Å². The van der Waals surface area contributed by atoms with Crippen LogP contribution in [-0.4, -0.2) is 49.0 Å². The summed E-state index contributed by atoms with van der Waals surface area (Å²) < 4.78 is 1.56. The van der Waals surface area contributed by atoms with Gasteiger partial charge >= 0.3 is 5.97 Å². The Balaban J connectivity index is 1.86. The van der Waals surface area contributed by atoms with Crippen molar-refractivity contribution < 1.29 is 14.7 Å². The van der Waals surface area contributed by atoms with Gasteiger partial charge in [-0.15, -0.1) is 5.10 Å². The number of carboxylic acids is 1. The van der Waals surface area contributed by atoms with E-state index in [1.165, 1.54) is 11.8 Å². The summed E-state index contributed by atoms with van der Waals surface area (Å²) in [6.07, 6.45) is 0.407. The van der Waals surface area contributed by atoms with Crippen molar-refractivity contribution in [3.8, 4) is 5.69 Å². The van der Waals surface area contributed by atoms with E-state index >= 15 is 0 Å². The van der Waals surface area contributed by atoms with Crippen molar-refractivity contribution in [1.82, 2.24) is 20.3 Å². The number of thioether (sulfide) groups is 1. The molecule has 0 aliphatic carbocycles. The normalized spacial score (nSPS) is 20.4. The van der Waals surface area contributed by atoms with Gasteiger partial charge < -0.3 is 10.4 Å². The van der Waals surface area contributed by atoms with Crippen molar-refractivity contribution in [3.05, 3.63) is 41.7 Å². The molecule has 23 heavy (non-hydrogen) atoms. The molecule has 8 heteroatoms. The SMILES string of the molecule is Cc1c(C(=O)NC2(C(=O)O)CCSC2)nnn1-c1ccccc1. The number of benzene rings is 1. The average molecular weight is 332 g/mol. The van der Waals surface area contributed by atoms with E-state index in [0.29, 0.717) is 23.6 Å². The Kier molecular flexibility index (Phi) is 4.08. The van der Waals surface area contributed by atoms with Crippen LogP contribution in [0.15, 0.2) is 30.3 Å². The van der Waals surface area contributed by atoms with Crippen LogP contribution in [0.2, 0.25) is 0 Å². The zero-order valence-electron chi connectivity index (χ0n) is 12.5. The molecule has 0 radical (unpaired) electrons. The van der Waals surface area contributed by atoms with Crippen LogP contribution in [0.4, 0.5) is 0 Å². The van der Waals surface area contributed by atoms with E-state index in [2.05, 4.69) is 15.6 Å². The van der Waals surface area contributed by atoms with E-state index in [9.17, 15) is 14.7 Å². The summed E-state index contributed by atoms with van der Waals surface area (Å²) in [5.74, 6) is -0.444. The van der Waals surface area contributed by atoms with Crippen molar-refractivity contribution in [1.29, 1.82) is 0 Å². The van der Waals surface area contributed by atoms with Crippen molar-refractivity contribution >= 4 is 23.6 Å². The van der Waals surface area contributed by atoms with Crippen LogP contribution >= 0.6 is 11.8 Å². The molecule has 0 bridgehead atoms. The molecule has 1 unspecified atom stereocenters. The van der Waals surface area contributed by atoms with E-state index in [1.54, 1.807) is 11.6 Å². The first kappa shape index (κ1) is 15.5. The molecule has 1 aromatic carbocycles. The minimum atomic E-state index is -1.22. The molecule has 120 valence electrons. The number of aromatic nitrogens is 3. The van der Waals surface area contributed by atoms with E-state index in [0.717, 1.165) is 5.69 Å². The van der Waals surface area contributed by atoms with Gasteiger partial charge in [0.1, 0.15) is 5.54 Å². The van der Waals surface area contributed by atoms with Gasteiger partial charge in [0.25, 0.3) is 5.91 Å². The third-order valence-electron chi connectivity index (χ3n) is 3.89. The van der Waals surface area contributed by atoms with Crippen molar-refractivity contribution in [2.24, 2.45) is 0 Å². The minimum Gasteiger partial charge on any atom is -0.479 e. The molecule has 1 amide bonds. The second-order valence-corrected chi connectivity index (χ2v) is 6.52. The van der Waals surface area contributed by atoms with E-state index in [1.807, 2.05) is 30.3 Å². The van der Waals surface area contributed by atoms with E-state index in [4.69, 9.17) is 0 Å². The standard InChI is InChI=1S/C15H16N4O3S/c1-10-12(17-18-19(10)11-5-3-2-4-6-11)13(20)16-15(14(21)22)7-8-23-9-15/h2-6H,7-9H2,1H3,(H,16,20)(H,21,22). The van der Waals surface area contributed by atoms with Crippen molar-refractivity contribution in [3.63, 3.8) is 0 Å². The fraction of sp³-hybridized carbons (Fsp3) is 0.333. The lowest BCUT2D eigenvalue weighted by Crippen LogP contribution is -2.55. The highest BCUT2D eigenvalue weighted by atomic mass is 32.2. The van der Waals surface area contributed by atoms with Gasteiger partial charge in [-0.25, -0.2) is 9.48 Å². The third-order valence-corrected chi connectivity index (χ3v) is 5.08. The van der Waals surface area contributed by atoms with Crippen LogP contribution < -0.4 is 5.32 Å². The molecule has 1 atom stereocenters. The number of para-hydroxylation sites is 1. The second-order valence-electron chi connectivity index (χ2n) is 5.41. The molecule has 2 aromatic rings. The van der Waals surface area contributed by atoms with Crippen LogP contribution in [0.5, 0.6) is 0 Å². The van der Waals surface area contributed by atoms with Gasteiger partial charge in [-0.05, 0) is 31.2 Å². The van der Waals surface area contributed by atoms with Crippen LogP contribution in [0.25, 0.3) is 5.69 Å². The predicted molar refractivity (Wildman–Crippen MR) is 85.9 cm³/mol. The number of nitrogens with one attached hydrogen (secondary N) is 1. The summed E-state index contributed by atoms with van der Waals surface area (Å²) >= 11 is 1.52. The van der Waals surface area contributed by atoms with Gasteiger partial charge in [-0.3, -0.25) is 4.79 Å². The Morgan fingerprint density at radius 1 is 1.35 bits per heavy atom. The molecule has 2 N–H and O–H groups in total. The summed E-state index contributed by atoms with van der Waals surface area (Å²) in [5.41, 5.74) is 0.289. The first-order valence-corrected chi connectivity index (χ1v) is 8.30. The summed E-state index contributed by atoms with van der Waals surface area (Å²) in [5, 5.41) is 20.0. The number of hydrogen-bond donors (Lipinski definition) is 2. The maximum atomic E-state index is 12.5. The largest absolute Gasteiger partial charge is 0.479 e. The topological polar surface area (TPSA) is 97.1 Å². The molecule has 7 nitrogen and oxygen atoms in total. The molecule has 0 saturated carbocycles. The molecule has 3 rings (SSSR count). The van der Waals surface area contributed by atoms with Crippen LogP contribution in [0.3, 0.4) is 0 Å². The monoisotopic (exact) mass is 332 g/mol. The molecule has 2 heterocycles. The fourth-order valence-corrected chi connectivity index (χ4v) is 3.84. The second kappa shape index (κ2) is 6.04. The highest BCUT2D eigenvalue weighted by molar-refractivity contribution is 7.99. The minimum absolute atomic E-state index is 0.145. The van der Waals surface area contributed by atoms with Gasteiger partial charge in [-0.1, -0.05) is 23.4 Å². The fourth-order valence-electron chi connectivity index (χ4n) is 2.52. The lowest BCUT2D eigenvalue weighted by atomic mass is 9.99. The maximum Gasteiger partial charge on any atom is 0.330 e. The van der Waals surface area contributed by atoms with Crippen LogP contribution in [0.1, 0.15) is 22.6 Å². The highest BCUT2D eigenvalue weighted by Gasteiger charge is 2.44. The molecule has 1 aromatic heterocycles. The number of rotatable bonds is 4. The van der Waals surface area contributed by atoms with Crippen LogP contribution in [0, 0.1) is 6.92 Å². The molecule has 1 saturated heterocycles. The molecular formula is C15H16N4O3S. The molecular weight excluding hydrogens is 316 g/mol. The molecule has 1 fully saturated rings.